The molecule has 0 aliphatic rings. The van der Waals surface area contributed by atoms with E-state index in [0.717, 1.165) is 12.1 Å². The fraction of sp³-hybridized carbons (Fsp3) is 0.0588. The Bertz CT molecular complexity index is 836. The highest BCUT2D eigenvalue weighted by molar-refractivity contribution is 5.63. The molecule has 0 spiro atoms. The monoisotopic (exact) mass is 334 g/mol. The third-order valence-electron chi connectivity index (χ3n) is 3.23. The molecular formula is C17H10F4N2O. The minimum atomic E-state index is -2.89. The number of alkyl halides is 2. The van der Waals surface area contributed by atoms with Crippen LogP contribution in [0.3, 0.4) is 0 Å². The summed E-state index contributed by atoms with van der Waals surface area (Å²) >= 11 is 0. The molecule has 0 amide bonds. The predicted molar refractivity (Wildman–Crippen MR) is 79.5 cm³/mol. The smallest absolute Gasteiger partial charge is 0.387 e. The Morgan fingerprint density at radius 2 is 1.50 bits per heavy atom. The van der Waals surface area contributed by atoms with E-state index >= 15 is 0 Å². The van der Waals surface area contributed by atoms with Crippen LogP contribution in [0.5, 0.6) is 5.75 Å². The summed E-state index contributed by atoms with van der Waals surface area (Å²) in [5, 5.41) is 0. The van der Waals surface area contributed by atoms with Crippen molar-refractivity contribution in [2.24, 2.45) is 0 Å². The lowest BCUT2D eigenvalue weighted by Crippen LogP contribution is -2.01. The van der Waals surface area contributed by atoms with Crippen LogP contribution < -0.4 is 4.74 Å². The van der Waals surface area contributed by atoms with Gasteiger partial charge in [-0.05, 0) is 36.4 Å². The molecule has 1 aromatic heterocycles. The molecule has 3 rings (SSSR count). The van der Waals surface area contributed by atoms with E-state index in [1.807, 2.05) is 0 Å². The third kappa shape index (κ3) is 3.51. The molecule has 7 heteroatoms. The van der Waals surface area contributed by atoms with Gasteiger partial charge in [0.2, 0.25) is 0 Å². The molecule has 2 aromatic carbocycles. The second-order valence-electron chi connectivity index (χ2n) is 4.81. The van der Waals surface area contributed by atoms with Crippen molar-refractivity contribution in [1.29, 1.82) is 0 Å². The number of benzene rings is 2. The zero-order chi connectivity index (χ0) is 17.1. The van der Waals surface area contributed by atoms with Gasteiger partial charge >= 0.3 is 6.61 Å². The van der Waals surface area contributed by atoms with E-state index in [1.165, 1.54) is 30.6 Å². The minimum absolute atomic E-state index is 0.0340. The Morgan fingerprint density at radius 1 is 0.833 bits per heavy atom. The molecule has 3 nitrogen and oxygen atoms in total. The molecule has 1 heterocycles. The Hall–Kier alpha value is -2.96. The molecule has 24 heavy (non-hydrogen) atoms. The first-order valence-electron chi connectivity index (χ1n) is 6.85. The molecule has 122 valence electrons. The molecule has 0 fully saturated rings. The van der Waals surface area contributed by atoms with E-state index in [9.17, 15) is 17.6 Å². The first kappa shape index (κ1) is 15.9. The first-order chi connectivity index (χ1) is 11.5. The second-order valence-corrected chi connectivity index (χ2v) is 4.81. The van der Waals surface area contributed by atoms with Crippen molar-refractivity contribution >= 4 is 0 Å². The lowest BCUT2D eigenvalue weighted by atomic mass is 10.1. The highest BCUT2D eigenvalue weighted by Gasteiger charge is 2.09. The molecule has 0 saturated heterocycles. The second kappa shape index (κ2) is 6.66. The summed E-state index contributed by atoms with van der Waals surface area (Å²) < 4.78 is 55.1. The quantitative estimate of drug-likeness (QED) is 0.649. The van der Waals surface area contributed by atoms with Gasteiger partial charge in [-0.15, -0.1) is 0 Å². The Balaban J connectivity index is 1.84. The molecule has 0 N–H and O–H groups in total. The maximum absolute atomic E-state index is 13.7. The molecule has 0 saturated carbocycles. The highest BCUT2D eigenvalue weighted by Crippen LogP contribution is 2.24. The van der Waals surface area contributed by atoms with E-state index in [0.29, 0.717) is 11.3 Å². The predicted octanol–water partition coefficient (Wildman–Crippen LogP) is 4.69. The third-order valence-corrected chi connectivity index (χ3v) is 3.23. The highest BCUT2D eigenvalue weighted by atomic mass is 19.3. The van der Waals surface area contributed by atoms with Gasteiger partial charge in [0.1, 0.15) is 17.4 Å². The van der Waals surface area contributed by atoms with Gasteiger partial charge in [0.05, 0.1) is 23.8 Å². The Labute approximate surface area is 134 Å². The summed E-state index contributed by atoms with van der Waals surface area (Å²) in [5.41, 5.74) is 1.50. The van der Waals surface area contributed by atoms with Crippen LogP contribution in [0.25, 0.3) is 22.5 Å². The van der Waals surface area contributed by atoms with Crippen molar-refractivity contribution in [3.63, 3.8) is 0 Å². The number of hydrogen-bond acceptors (Lipinski definition) is 3. The fourth-order valence-electron chi connectivity index (χ4n) is 2.12. The van der Waals surface area contributed by atoms with Crippen molar-refractivity contribution in [2.45, 2.75) is 6.61 Å². The number of ether oxygens (including phenoxy) is 1. The van der Waals surface area contributed by atoms with Crippen molar-refractivity contribution in [3.05, 3.63) is 66.5 Å². The molecular weight excluding hydrogens is 324 g/mol. The van der Waals surface area contributed by atoms with E-state index in [-0.39, 0.29) is 17.0 Å². The topological polar surface area (TPSA) is 35.0 Å². The molecule has 0 bridgehead atoms. The first-order valence-corrected chi connectivity index (χ1v) is 6.85. The molecule has 3 aromatic rings. The minimum Gasteiger partial charge on any atom is -0.435 e. The average molecular weight is 334 g/mol. The maximum Gasteiger partial charge on any atom is 0.387 e. The SMILES string of the molecule is Fc1ccc(-c2cnc(-c3ccc(OC(F)F)cc3)cn2)c(F)c1. The van der Waals surface area contributed by atoms with E-state index in [2.05, 4.69) is 14.7 Å². The van der Waals surface area contributed by atoms with Crippen LogP contribution in [0.4, 0.5) is 17.6 Å². The Morgan fingerprint density at radius 3 is 2.08 bits per heavy atom. The summed E-state index contributed by atoms with van der Waals surface area (Å²) in [6.07, 6.45) is 2.77. The van der Waals surface area contributed by atoms with Crippen molar-refractivity contribution in [2.75, 3.05) is 0 Å². The van der Waals surface area contributed by atoms with Crippen LogP contribution in [0, 0.1) is 11.6 Å². The summed E-state index contributed by atoms with van der Waals surface area (Å²) in [6, 6.07) is 9.07. The van der Waals surface area contributed by atoms with Crippen LogP contribution in [-0.2, 0) is 0 Å². The van der Waals surface area contributed by atoms with Gasteiger partial charge in [0, 0.05) is 17.2 Å². The van der Waals surface area contributed by atoms with E-state index < -0.39 is 18.2 Å². The van der Waals surface area contributed by atoms with Crippen LogP contribution in [0.15, 0.2) is 54.9 Å². The normalized spacial score (nSPS) is 10.9. The largest absolute Gasteiger partial charge is 0.435 e. The van der Waals surface area contributed by atoms with Gasteiger partial charge in [-0.1, -0.05) is 0 Å². The summed E-state index contributed by atoms with van der Waals surface area (Å²) in [4.78, 5) is 8.28. The van der Waals surface area contributed by atoms with Gasteiger partial charge < -0.3 is 4.74 Å². The lowest BCUT2D eigenvalue weighted by molar-refractivity contribution is -0.0498. The van der Waals surface area contributed by atoms with Gasteiger partial charge in [-0.25, -0.2) is 8.78 Å². The van der Waals surface area contributed by atoms with Crippen molar-refractivity contribution in [3.8, 4) is 28.3 Å². The fourth-order valence-corrected chi connectivity index (χ4v) is 2.12. The van der Waals surface area contributed by atoms with E-state index in [4.69, 9.17) is 0 Å². The van der Waals surface area contributed by atoms with Crippen LogP contribution in [0.2, 0.25) is 0 Å². The number of nitrogens with zero attached hydrogens (tertiary/aromatic N) is 2. The number of rotatable bonds is 4. The van der Waals surface area contributed by atoms with Gasteiger partial charge in [-0.3, -0.25) is 9.97 Å². The molecule has 0 atom stereocenters. The summed E-state index contributed by atoms with van der Waals surface area (Å²) in [7, 11) is 0. The Kier molecular flexibility index (Phi) is 4.41. The lowest BCUT2D eigenvalue weighted by Gasteiger charge is -2.06. The zero-order valence-electron chi connectivity index (χ0n) is 12.1. The van der Waals surface area contributed by atoms with Crippen molar-refractivity contribution in [1.82, 2.24) is 9.97 Å². The van der Waals surface area contributed by atoms with Gasteiger partial charge in [0.15, 0.2) is 0 Å². The summed E-state index contributed by atoms with van der Waals surface area (Å²) in [6.45, 7) is -2.89. The number of halogens is 4. The standard InChI is InChI=1S/C17H10F4N2O/c18-11-3-6-13(14(19)7-11)16-9-22-15(8-23-16)10-1-4-12(5-2-10)24-17(20)21/h1-9,17H. The molecule has 0 unspecified atom stereocenters. The van der Waals surface area contributed by atoms with Crippen LogP contribution in [0.1, 0.15) is 0 Å². The zero-order valence-corrected chi connectivity index (χ0v) is 12.1. The molecule has 0 aliphatic carbocycles. The average Bonchev–Trinajstić information content (AvgIpc) is 2.55. The summed E-state index contributed by atoms with van der Waals surface area (Å²) in [5.74, 6) is -1.37. The van der Waals surface area contributed by atoms with E-state index in [1.54, 1.807) is 12.1 Å². The maximum atomic E-state index is 13.7. The van der Waals surface area contributed by atoms with Crippen molar-refractivity contribution < 1.29 is 22.3 Å². The number of hydrogen-bond donors (Lipinski definition) is 0. The van der Waals surface area contributed by atoms with Crippen LogP contribution in [-0.4, -0.2) is 16.6 Å². The molecule has 0 radical (unpaired) electrons. The van der Waals surface area contributed by atoms with Gasteiger partial charge in [0.25, 0.3) is 0 Å². The van der Waals surface area contributed by atoms with Crippen LogP contribution >= 0.6 is 0 Å². The molecule has 0 aliphatic heterocycles. The van der Waals surface area contributed by atoms with Gasteiger partial charge in [-0.2, -0.15) is 8.78 Å². The number of aromatic nitrogens is 2.